The molecule has 1 aromatic rings. The van der Waals surface area contributed by atoms with E-state index in [9.17, 15) is 22.4 Å². The molecule has 1 heterocycles. The molecule has 1 N–H and O–H groups in total. The minimum Gasteiger partial charge on any atom is -0.338 e. The van der Waals surface area contributed by atoms with Crippen molar-refractivity contribution in [2.75, 3.05) is 43.5 Å². The molecule has 0 saturated carbocycles. The Morgan fingerprint density at radius 3 is 2.63 bits per heavy atom. The van der Waals surface area contributed by atoms with E-state index >= 15 is 0 Å². The number of sulfone groups is 1. The van der Waals surface area contributed by atoms with E-state index in [4.69, 9.17) is 0 Å². The van der Waals surface area contributed by atoms with E-state index in [1.54, 1.807) is 22.9 Å². The highest BCUT2D eigenvalue weighted by Gasteiger charge is 2.34. The highest BCUT2D eigenvalue weighted by molar-refractivity contribution is 7.91. The molecule has 1 aromatic carbocycles. The number of benzene rings is 1. The first-order valence-corrected chi connectivity index (χ1v) is 10.8. The van der Waals surface area contributed by atoms with Crippen molar-refractivity contribution in [3.05, 3.63) is 30.1 Å². The fraction of sp³-hybridized carbons (Fsp3) is 0.556. The van der Waals surface area contributed by atoms with Gasteiger partial charge in [0.1, 0.15) is 5.82 Å². The van der Waals surface area contributed by atoms with Crippen LogP contribution in [0.4, 0.5) is 10.1 Å². The van der Waals surface area contributed by atoms with Gasteiger partial charge in [0.2, 0.25) is 11.8 Å². The van der Waals surface area contributed by atoms with E-state index in [2.05, 4.69) is 5.32 Å². The summed E-state index contributed by atoms with van der Waals surface area (Å²) < 4.78 is 36.6. The Balaban J connectivity index is 1.89. The lowest BCUT2D eigenvalue weighted by atomic mass is 10.2. The van der Waals surface area contributed by atoms with E-state index < -0.39 is 15.7 Å². The maximum atomic E-state index is 13.2. The third kappa shape index (κ3) is 6.59. The van der Waals surface area contributed by atoms with Gasteiger partial charge in [0, 0.05) is 18.3 Å². The maximum absolute atomic E-state index is 13.2. The van der Waals surface area contributed by atoms with E-state index in [0.717, 1.165) is 6.42 Å². The van der Waals surface area contributed by atoms with Crippen molar-refractivity contribution in [1.29, 1.82) is 0 Å². The number of halogens is 1. The van der Waals surface area contributed by atoms with Gasteiger partial charge < -0.3 is 10.2 Å². The fourth-order valence-corrected chi connectivity index (χ4v) is 4.89. The Labute approximate surface area is 159 Å². The van der Waals surface area contributed by atoms with Gasteiger partial charge in [-0.25, -0.2) is 12.8 Å². The van der Waals surface area contributed by atoms with Crippen LogP contribution in [0.2, 0.25) is 0 Å². The summed E-state index contributed by atoms with van der Waals surface area (Å²) in [5.41, 5.74) is 0.350. The monoisotopic (exact) mass is 399 g/mol. The molecule has 0 aliphatic carbocycles. The average molecular weight is 399 g/mol. The van der Waals surface area contributed by atoms with E-state index in [1.807, 2.05) is 6.92 Å². The maximum Gasteiger partial charge on any atom is 0.238 e. The molecule has 150 valence electrons. The number of nitrogens with zero attached hydrogens (tertiary/aromatic N) is 2. The van der Waals surface area contributed by atoms with Gasteiger partial charge in [-0.15, -0.1) is 0 Å². The van der Waals surface area contributed by atoms with E-state index in [0.29, 0.717) is 18.7 Å². The van der Waals surface area contributed by atoms with Crippen LogP contribution in [0.1, 0.15) is 19.8 Å². The van der Waals surface area contributed by atoms with E-state index in [-0.39, 0.29) is 42.5 Å². The topological polar surface area (TPSA) is 86.8 Å². The third-order valence-electron chi connectivity index (χ3n) is 4.36. The van der Waals surface area contributed by atoms with Crippen LogP contribution in [0.5, 0.6) is 0 Å². The summed E-state index contributed by atoms with van der Waals surface area (Å²) in [6.07, 6.45) is 1.18. The average Bonchev–Trinajstić information content (AvgIpc) is 2.91. The Hall–Kier alpha value is -2.00. The van der Waals surface area contributed by atoms with Crippen LogP contribution in [-0.4, -0.2) is 74.3 Å². The van der Waals surface area contributed by atoms with Crippen molar-refractivity contribution >= 4 is 27.3 Å². The van der Waals surface area contributed by atoms with Crippen LogP contribution >= 0.6 is 0 Å². The van der Waals surface area contributed by atoms with Crippen LogP contribution < -0.4 is 5.32 Å². The number of hydrogen-bond acceptors (Lipinski definition) is 5. The molecule has 2 amide bonds. The zero-order valence-electron chi connectivity index (χ0n) is 15.7. The molecule has 0 bridgehead atoms. The standard InChI is InChI=1S/C18H26FN3O4S/c1-3-8-22(16-7-9-27(25,26)13-16)18(24)12-21(2)11-17(23)20-15-6-4-5-14(19)10-15/h4-6,10,16H,3,7-9,11-13H2,1-2H3,(H,20,23)/t16-/m1/s1. The normalized spacial score (nSPS) is 18.4. The van der Waals surface area contributed by atoms with Crippen molar-refractivity contribution in [1.82, 2.24) is 9.80 Å². The molecule has 0 unspecified atom stereocenters. The molecule has 1 aliphatic rings. The zero-order chi connectivity index (χ0) is 20.0. The van der Waals surface area contributed by atoms with Gasteiger partial charge in [0.05, 0.1) is 24.6 Å². The lowest BCUT2D eigenvalue weighted by Gasteiger charge is -2.29. The molecule has 1 atom stereocenters. The molecule has 2 rings (SSSR count). The second-order valence-electron chi connectivity index (χ2n) is 6.87. The lowest BCUT2D eigenvalue weighted by Crippen LogP contribution is -2.47. The fourth-order valence-electron chi connectivity index (χ4n) is 3.16. The Morgan fingerprint density at radius 2 is 2.04 bits per heavy atom. The number of rotatable bonds is 8. The Bertz CT molecular complexity index is 785. The van der Waals surface area contributed by atoms with Crippen molar-refractivity contribution in [3.63, 3.8) is 0 Å². The van der Waals surface area contributed by atoms with Crippen molar-refractivity contribution in [2.45, 2.75) is 25.8 Å². The van der Waals surface area contributed by atoms with Crippen molar-refractivity contribution in [3.8, 4) is 0 Å². The number of hydrogen-bond donors (Lipinski definition) is 1. The van der Waals surface area contributed by atoms with Crippen LogP contribution in [0.3, 0.4) is 0 Å². The highest BCUT2D eigenvalue weighted by Crippen LogP contribution is 2.18. The largest absolute Gasteiger partial charge is 0.338 e. The molecular formula is C18H26FN3O4S. The summed E-state index contributed by atoms with van der Waals surface area (Å²) in [5.74, 6) is -0.890. The van der Waals surface area contributed by atoms with Crippen molar-refractivity contribution in [2.24, 2.45) is 0 Å². The minimum atomic E-state index is -3.08. The van der Waals surface area contributed by atoms with Crippen LogP contribution in [0.25, 0.3) is 0 Å². The molecular weight excluding hydrogens is 373 g/mol. The van der Waals surface area contributed by atoms with Gasteiger partial charge in [-0.2, -0.15) is 0 Å². The molecule has 0 radical (unpaired) electrons. The number of carbonyl (C=O) groups excluding carboxylic acids is 2. The molecule has 0 spiro atoms. The summed E-state index contributed by atoms with van der Waals surface area (Å²) >= 11 is 0. The lowest BCUT2D eigenvalue weighted by molar-refractivity contribution is -0.134. The minimum absolute atomic E-state index is 0.00249. The summed E-state index contributed by atoms with van der Waals surface area (Å²) in [6, 6.07) is 5.28. The summed E-state index contributed by atoms with van der Waals surface area (Å²) in [5, 5.41) is 2.58. The van der Waals surface area contributed by atoms with Crippen LogP contribution in [0, 0.1) is 5.82 Å². The Kier molecular flexibility index (Phi) is 7.32. The number of likely N-dealkylation sites (N-methyl/N-ethyl adjacent to an activating group) is 1. The smallest absolute Gasteiger partial charge is 0.238 e. The molecule has 27 heavy (non-hydrogen) atoms. The molecule has 1 fully saturated rings. The van der Waals surface area contributed by atoms with Gasteiger partial charge in [0.15, 0.2) is 9.84 Å². The zero-order valence-corrected chi connectivity index (χ0v) is 16.5. The van der Waals surface area contributed by atoms with Gasteiger partial charge in [-0.05, 0) is 38.1 Å². The molecule has 0 aromatic heterocycles. The molecule has 9 heteroatoms. The van der Waals surface area contributed by atoms with Crippen molar-refractivity contribution < 1.29 is 22.4 Å². The van der Waals surface area contributed by atoms with Crippen LogP contribution in [0.15, 0.2) is 24.3 Å². The summed E-state index contributed by atoms with van der Waals surface area (Å²) in [4.78, 5) is 27.9. The third-order valence-corrected chi connectivity index (χ3v) is 6.11. The second-order valence-corrected chi connectivity index (χ2v) is 9.10. The van der Waals surface area contributed by atoms with Crippen LogP contribution in [-0.2, 0) is 19.4 Å². The van der Waals surface area contributed by atoms with Gasteiger partial charge in [-0.3, -0.25) is 14.5 Å². The first kappa shape index (κ1) is 21.3. The van der Waals surface area contributed by atoms with E-state index in [1.165, 1.54) is 18.2 Å². The van der Waals surface area contributed by atoms with Gasteiger partial charge in [0.25, 0.3) is 0 Å². The Morgan fingerprint density at radius 1 is 1.30 bits per heavy atom. The number of nitrogens with one attached hydrogen (secondary N) is 1. The highest BCUT2D eigenvalue weighted by atomic mass is 32.2. The quantitative estimate of drug-likeness (QED) is 0.708. The summed E-state index contributed by atoms with van der Waals surface area (Å²) in [7, 11) is -1.44. The first-order valence-electron chi connectivity index (χ1n) is 8.94. The second kappa shape index (κ2) is 9.27. The number of amides is 2. The molecule has 1 saturated heterocycles. The SMILES string of the molecule is CCCN(C(=O)CN(C)CC(=O)Nc1cccc(F)c1)[C@@H]1CCS(=O)(=O)C1. The predicted molar refractivity (Wildman–Crippen MR) is 102 cm³/mol. The number of anilines is 1. The summed E-state index contributed by atoms with van der Waals surface area (Å²) in [6.45, 7) is 2.39. The molecule has 7 nitrogen and oxygen atoms in total. The number of carbonyl (C=O) groups is 2. The van der Waals surface area contributed by atoms with Gasteiger partial charge >= 0.3 is 0 Å². The van der Waals surface area contributed by atoms with Gasteiger partial charge in [-0.1, -0.05) is 13.0 Å². The predicted octanol–water partition coefficient (Wildman–Crippen LogP) is 1.12. The molecule has 1 aliphatic heterocycles. The first-order chi connectivity index (χ1) is 12.7.